The Balaban J connectivity index is 2.07. The van der Waals surface area contributed by atoms with Crippen molar-refractivity contribution in [2.45, 2.75) is 44.8 Å². The molecule has 3 rings (SSSR count). The normalized spacial score (nSPS) is 11.6. The topological polar surface area (TPSA) is 61.4 Å². The zero-order valence-corrected chi connectivity index (χ0v) is 15.6. The first-order valence-electron chi connectivity index (χ1n) is 8.85. The van der Waals surface area contributed by atoms with Crippen LogP contribution in [0.3, 0.4) is 0 Å². The minimum absolute atomic E-state index is 0.0115. The number of benzene rings is 1. The molecule has 0 saturated carbocycles. The minimum Gasteiger partial charge on any atom is -0.381 e. The van der Waals surface area contributed by atoms with Crippen molar-refractivity contribution in [3.63, 3.8) is 0 Å². The van der Waals surface area contributed by atoms with E-state index in [2.05, 4.69) is 17.1 Å². The van der Waals surface area contributed by atoms with Crippen LogP contribution in [0.2, 0.25) is 0 Å². The number of aryl methyl sites for hydroxylation is 1. The molecule has 134 valence electrons. The Kier molecular flexibility index (Phi) is 6.09. The van der Waals surface area contributed by atoms with E-state index in [1.807, 2.05) is 35.6 Å². The van der Waals surface area contributed by atoms with E-state index in [0.717, 1.165) is 35.7 Å². The van der Waals surface area contributed by atoms with Gasteiger partial charge in [0, 0.05) is 18.9 Å². The molecule has 0 spiro atoms. The second-order valence-electron chi connectivity index (χ2n) is 5.84. The van der Waals surface area contributed by atoms with Crippen molar-refractivity contribution >= 4 is 28.4 Å². The largest absolute Gasteiger partial charge is 0.381 e. The van der Waals surface area contributed by atoms with Gasteiger partial charge in [-0.1, -0.05) is 43.7 Å². The van der Waals surface area contributed by atoms with Crippen molar-refractivity contribution in [3.05, 3.63) is 34.6 Å². The standard InChI is InChI=1S/C18H24N4O2S/c1-3-5-8-11-21-16(23)14-9-6-7-10-15(14)22-17(21)19-20-18(22)25-13-12-24-4-2/h6-7,9-10H,3-5,8,11-13H2,1-2H3. The quantitative estimate of drug-likeness (QED) is 0.432. The zero-order chi connectivity index (χ0) is 17.6. The van der Waals surface area contributed by atoms with Crippen molar-refractivity contribution in [2.24, 2.45) is 0 Å². The Hall–Kier alpha value is -1.86. The molecule has 0 aliphatic rings. The van der Waals surface area contributed by atoms with Gasteiger partial charge >= 0.3 is 0 Å². The average molecular weight is 360 g/mol. The second kappa shape index (κ2) is 8.49. The molecule has 0 bridgehead atoms. The van der Waals surface area contributed by atoms with Gasteiger partial charge in [0.2, 0.25) is 5.78 Å². The predicted octanol–water partition coefficient (Wildman–Crippen LogP) is 3.36. The maximum absolute atomic E-state index is 12.9. The molecule has 0 N–H and O–H groups in total. The molecular formula is C18H24N4O2S. The first-order chi connectivity index (χ1) is 12.3. The highest BCUT2D eigenvalue weighted by atomic mass is 32.2. The summed E-state index contributed by atoms with van der Waals surface area (Å²) >= 11 is 1.60. The molecule has 0 amide bonds. The van der Waals surface area contributed by atoms with Crippen molar-refractivity contribution < 1.29 is 4.74 Å². The van der Waals surface area contributed by atoms with Gasteiger partial charge in [0.25, 0.3) is 5.56 Å². The number of para-hydroxylation sites is 1. The van der Waals surface area contributed by atoms with Crippen molar-refractivity contribution in [1.29, 1.82) is 0 Å². The van der Waals surface area contributed by atoms with Crippen LogP contribution in [-0.2, 0) is 11.3 Å². The fourth-order valence-corrected chi connectivity index (χ4v) is 3.68. The SMILES string of the molecule is CCCCCn1c(=O)c2ccccc2n2c(SCCOCC)nnc12. The third kappa shape index (κ3) is 3.72. The van der Waals surface area contributed by atoms with Crippen molar-refractivity contribution in [3.8, 4) is 0 Å². The van der Waals surface area contributed by atoms with Gasteiger partial charge in [-0.15, -0.1) is 10.2 Å². The van der Waals surface area contributed by atoms with Gasteiger partial charge in [0.05, 0.1) is 17.5 Å². The fraction of sp³-hybridized carbons (Fsp3) is 0.500. The van der Waals surface area contributed by atoms with E-state index in [4.69, 9.17) is 4.74 Å². The number of aromatic nitrogens is 4. The molecule has 1 aromatic carbocycles. The van der Waals surface area contributed by atoms with Crippen LogP contribution >= 0.6 is 11.8 Å². The zero-order valence-electron chi connectivity index (χ0n) is 14.8. The van der Waals surface area contributed by atoms with Gasteiger partial charge < -0.3 is 4.74 Å². The monoisotopic (exact) mass is 360 g/mol. The van der Waals surface area contributed by atoms with Crippen molar-refractivity contribution in [1.82, 2.24) is 19.2 Å². The van der Waals surface area contributed by atoms with Crippen LogP contribution in [0.1, 0.15) is 33.1 Å². The average Bonchev–Trinajstić information content (AvgIpc) is 3.05. The van der Waals surface area contributed by atoms with Crippen molar-refractivity contribution in [2.75, 3.05) is 19.0 Å². The number of unbranched alkanes of at least 4 members (excludes halogenated alkanes) is 2. The van der Waals surface area contributed by atoms with E-state index in [1.165, 1.54) is 0 Å². The molecule has 7 heteroatoms. The molecule has 0 fully saturated rings. The maximum atomic E-state index is 12.9. The van der Waals surface area contributed by atoms with Gasteiger partial charge in [-0.2, -0.15) is 0 Å². The van der Waals surface area contributed by atoms with E-state index >= 15 is 0 Å². The first kappa shape index (κ1) is 17.9. The van der Waals surface area contributed by atoms with Crippen LogP contribution < -0.4 is 5.56 Å². The molecule has 25 heavy (non-hydrogen) atoms. The molecule has 3 aromatic rings. The lowest BCUT2D eigenvalue weighted by molar-refractivity contribution is 0.164. The van der Waals surface area contributed by atoms with E-state index < -0.39 is 0 Å². The highest BCUT2D eigenvalue weighted by molar-refractivity contribution is 7.99. The number of ether oxygens (including phenoxy) is 1. The predicted molar refractivity (Wildman–Crippen MR) is 101 cm³/mol. The summed E-state index contributed by atoms with van der Waals surface area (Å²) in [5, 5.41) is 10.2. The Labute approximate surface area is 151 Å². The summed E-state index contributed by atoms with van der Waals surface area (Å²) in [4.78, 5) is 12.9. The van der Waals surface area contributed by atoms with Crippen LogP contribution in [-0.4, -0.2) is 38.1 Å². The summed E-state index contributed by atoms with van der Waals surface area (Å²) in [6, 6.07) is 7.67. The summed E-state index contributed by atoms with van der Waals surface area (Å²) in [7, 11) is 0. The first-order valence-corrected chi connectivity index (χ1v) is 9.83. The Morgan fingerprint density at radius 3 is 2.80 bits per heavy atom. The van der Waals surface area contributed by atoms with Crippen LogP contribution in [0.4, 0.5) is 0 Å². The molecule has 2 heterocycles. The number of nitrogens with zero attached hydrogens (tertiary/aromatic N) is 4. The molecule has 2 aromatic heterocycles. The molecule has 6 nitrogen and oxygen atoms in total. The lowest BCUT2D eigenvalue weighted by Gasteiger charge is -2.11. The summed E-state index contributed by atoms with van der Waals surface area (Å²) < 4.78 is 9.17. The number of fused-ring (bicyclic) bond motifs is 3. The minimum atomic E-state index is 0.0115. The Bertz CT molecular complexity index is 903. The van der Waals surface area contributed by atoms with E-state index in [0.29, 0.717) is 30.9 Å². The fourth-order valence-electron chi connectivity index (χ4n) is 2.88. The molecule has 0 aliphatic heterocycles. The molecule has 0 saturated heterocycles. The lowest BCUT2D eigenvalue weighted by Crippen LogP contribution is -2.23. The summed E-state index contributed by atoms with van der Waals surface area (Å²) in [6.45, 7) is 6.19. The van der Waals surface area contributed by atoms with Crippen LogP contribution in [0, 0.1) is 0 Å². The summed E-state index contributed by atoms with van der Waals surface area (Å²) in [6.07, 6.45) is 3.17. The third-order valence-corrected chi connectivity index (χ3v) is 5.02. The highest BCUT2D eigenvalue weighted by Gasteiger charge is 2.16. The number of rotatable bonds is 9. The van der Waals surface area contributed by atoms with Gasteiger partial charge in [0.15, 0.2) is 5.16 Å². The van der Waals surface area contributed by atoms with Crippen LogP contribution in [0.5, 0.6) is 0 Å². The van der Waals surface area contributed by atoms with E-state index in [1.54, 1.807) is 16.3 Å². The van der Waals surface area contributed by atoms with Gasteiger partial charge in [0.1, 0.15) is 0 Å². The lowest BCUT2D eigenvalue weighted by atomic mass is 10.2. The van der Waals surface area contributed by atoms with Crippen LogP contribution in [0.15, 0.2) is 34.2 Å². The third-order valence-electron chi connectivity index (χ3n) is 4.13. The smallest absolute Gasteiger partial charge is 0.262 e. The number of hydrogen-bond acceptors (Lipinski definition) is 5. The summed E-state index contributed by atoms with van der Waals surface area (Å²) in [5.41, 5.74) is 0.871. The molecular weight excluding hydrogens is 336 g/mol. The van der Waals surface area contributed by atoms with Crippen LogP contribution in [0.25, 0.3) is 16.7 Å². The van der Waals surface area contributed by atoms with E-state index in [-0.39, 0.29) is 5.56 Å². The number of thioether (sulfide) groups is 1. The van der Waals surface area contributed by atoms with E-state index in [9.17, 15) is 4.79 Å². The molecule has 0 atom stereocenters. The number of hydrogen-bond donors (Lipinski definition) is 0. The van der Waals surface area contributed by atoms with Gasteiger partial charge in [-0.25, -0.2) is 0 Å². The second-order valence-corrected chi connectivity index (χ2v) is 6.91. The highest BCUT2D eigenvalue weighted by Crippen LogP contribution is 2.21. The maximum Gasteiger partial charge on any atom is 0.262 e. The van der Waals surface area contributed by atoms with Gasteiger partial charge in [-0.05, 0) is 25.5 Å². The molecule has 0 radical (unpaired) electrons. The molecule has 0 aliphatic carbocycles. The Morgan fingerprint density at radius 2 is 2.00 bits per heavy atom. The van der Waals surface area contributed by atoms with Gasteiger partial charge in [-0.3, -0.25) is 13.8 Å². The Morgan fingerprint density at radius 1 is 1.16 bits per heavy atom. The molecule has 0 unspecified atom stereocenters. The summed E-state index contributed by atoms with van der Waals surface area (Å²) in [5.74, 6) is 1.43.